The first-order valence-electron chi connectivity index (χ1n) is 5.33. The summed E-state index contributed by atoms with van der Waals surface area (Å²) in [5.41, 5.74) is -0.633. The minimum absolute atomic E-state index is 0.0406. The molecule has 0 saturated heterocycles. The molecule has 19 heavy (non-hydrogen) atoms. The van der Waals surface area contributed by atoms with E-state index in [1.807, 2.05) is 0 Å². The van der Waals surface area contributed by atoms with Gasteiger partial charge in [0.1, 0.15) is 5.75 Å². The summed E-state index contributed by atoms with van der Waals surface area (Å²) in [6.45, 7) is 1.43. The Kier molecular flexibility index (Phi) is 4.84. The van der Waals surface area contributed by atoms with Crippen molar-refractivity contribution in [2.75, 3.05) is 7.11 Å². The van der Waals surface area contributed by atoms with E-state index < -0.39 is 23.6 Å². The molecule has 1 aromatic rings. The largest absolute Gasteiger partial charge is 0.495 e. The molecule has 1 aromatic carbocycles. The van der Waals surface area contributed by atoms with Crippen molar-refractivity contribution in [2.24, 2.45) is 5.92 Å². The molecule has 0 aliphatic carbocycles. The standard InChI is InChI=1S/C12H12BrF3O3/c1-6(11(17)18)3-7-4-8(12(14,15)16)5-9(13)10(7)19-2/h4-6H,3H2,1-2H3,(H,17,18). The highest BCUT2D eigenvalue weighted by Gasteiger charge is 2.32. The number of carboxylic acids is 1. The molecule has 0 aromatic heterocycles. The predicted molar refractivity (Wildman–Crippen MR) is 66.2 cm³/mol. The average Bonchev–Trinajstić information content (AvgIpc) is 2.27. The summed E-state index contributed by atoms with van der Waals surface area (Å²) in [5, 5.41) is 8.83. The van der Waals surface area contributed by atoms with Gasteiger partial charge < -0.3 is 9.84 Å². The maximum atomic E-state index is 12.7. The third-order valence-electron chi connectivity index (χ3n) is 2.60. The topological polar surface area (TPSA) is 46.5 Å². The number of aliphatic carboxylic acids is 1. The highest BCUT2D eigenvalue weighted by molar-refractivity contribution is 9.10. The van der Waals surface area contributed by atoms with Crippen LogP contribution in [0.3, 0.4) is 0 Å². The molecule has 1 unspecified atom stereocenters. The normalized spacial score (nSPS) is 13.2. The molecule has 1 atom stereocenters. The van der Waals surface area contributed by atoms with Gasteiger partial charge in [0, 0.05) is 0 Å². The Morgan fingerprint density at radius 1 is 1.47 bits per heavy atom. The Labute approximate surface area is 116 Å². The van der Waals surface area contributed by atoms with Gasteiger partial charge in [0.25, 0.3) is 0 Å². The quantitative estimate of drug-likeness (QED) is 0.908. The van der Waals surface area contributed by atoms with Gasteiger partial charge in [-0.15, -0.1) is 0 Å². The number of rotatable bonds is 4. The lowest BCUT2D eigenvalue weighted by molar-refractivity contribution is -0.141. The fourth-order valence-electron chi connectivity index (χ4n) is 1.61. The van der Waals surface area contributed by atoms with E-state index in [0.717, 1.165) is 12.1 Å². The van der Waals surface area contributed by atoms with E-state index in [1.54, 1.807) is 0 Å². The maximum Gasteiger partial charge on any atom is 0.416 e. The monoisotopic (exact) mass is 340 g/mol. The van der Waals surface area contributed by atoms with Crippen molar-refractivity contribution in [1.82, 2.24) is 0 Å². The van der Waals surface area contributed by atoms with Crippen LogP contribution in [0.4, 0.5) is 13.2 Å². The van der Waals surface area contributed by atoms with Crippen LogP contribution in [0, 0.1) is 5.92 Å². The van der Waals surface area contributed by atoms with Crippen molar-refractivity contribution in [3.05, 3.63) is 27.7 Å². The SMILES string of the molecule is COc1c(Br)cc(C(F)(F)F)cc1CC(C)C(=O)O. The summed E-state index contributed by atoms with van der Waals surface area (Å²) in [7, 11) is 1.32. The zero-order valence-electron chi connectivity index (χ0n) is 10.2. The van der Waals surface area contributed by atoms with E-state index in [-0.39, 0.29) is 22.2 Å². The first kappa shape index (κ1) is 15.8. The summed E-state index contributed by atoms with van der Waals surface area (Å²) in [4.78, 5) is 10.8. The zero-order chi connectivity index (χ0) is 14.8. The van der Waals surface area contributed by atoms with Crippen molar-refractivity contribution in [3.8, 4) is 5.75 Å². The molecule has 106 valence electrons. The average molecular weight is 341 g/mol. The molecule has 3 nitrogen and oxygen atoms in total. The van der Waals surface area contributed by atoms with Crippen molar-refractivity contribution >= 4 is 21.9 Å². The lowest BCUT2D eigenvalue weighted by Gasteiger charge is -2.16. The van der Waals surface area contributed by atoms with E-state index >= 15 is 0 Å². The predicted octanol–water partition coefficient (Wildman–Crippen LogP) is 3.74. The molecule has 0 amide bonds. The molecular weight excluding hydrogens is 329 g/mol. The molecule has 0 bridgehead atoms. The second-order valence-corrected chi connectivity index (χ2v) is 4.95. The fourth-order valence-corrected chi connectivity index (χ4v) is 2.27. The number of hydrogen-bond donors (Lipinski definition) is 1. The molecule has 0 fully saturated rings. The minimum atomic E-state index is -4.49. The summed E-state index contributed by atoms with van der Waals surface area (Å²) < 4.78 is 43.3. The van der Waals surface area contributed by atoms with Crippen molar-refractivity contribution in [2.45, 2.75) is 19.5 Å². The van der Waals surface area contributed by atoms with Crippen LogP contribution < -0.4 is 4.74 Å². The smallest absolute Gasteiger partial charge is 0.416 e. The number of hydrogen-bond acceptors (Lipinski definition) is 2. The second kappa shape index (κ2) is 5.81. The molecule has 0 spiro atoms. The van der Waals surface area contributed by atoms with Crippen LogP contribution in [0.5, 0.6) is 5.75 Å². The third kappa shape index (κ3) is 3.86. The van der Waals surface area contributed by atoms with E-state index in [2.05, 4.69) is 15.9 Å². The number of carboxylic acid groups (broad SMARTS) is 1. The molecule has 1 rings (SSSR count). The number of ether oxygens (including phenoxy) is 1. The van der Waals surface area contributed by atoms with E-state index in [9.17, 15) is 18.0 Å². The summed E-state index contributed by atoms with van der Waals surface area (Å²) in [5.74, 6) is -1.65. The minimum Gasteiger partial charge on any atom is -0.495 e. The first-order valence-corrected chi connectivity index (χ1v) is 6.12. The highest BCUT2D eigenvalue weighted by Crippen LogP contribution is 2.38. The Hall–Kier alpha value is -1.24. The van der Waals surface area contributed by atoms with Gasteiger partial charge in [0.2, 0.25) is 0 Å². The van der Waals surface area contributed by atoms with Crippen LogP contribution in [-0.4, -0.2) is 18.2 Å². The Bertz CT molecular complexity index is 486. The van der Waals surface area contributed by atoms with E-state index in [1.165, 1.54) is 14.0 Å². The summed E-state index contributed by atoms with van der Waals surface area (Å²) in [6.07, 6.45) is -4.53. The van der Waals surface area contributed by atoms with Crippen LogP contribution in [0.15, 0.2) is 16.6 Å². The molecule has 0 heterocycles. The number of benzene rings is 1. The molecule has 7 heteroatoms. The van der Waals surface area contributed by atoms with Gasteiger partial charge in [-0.3, -0.25) is 4.79 Å². The van der Waals surface area contributed by atoms with Gasteiger partial charge in [-0.05, 0) is 40.0 Å². The fraction of sp³-hybridized carbons (Fsp3) is 0.417. The number of carbonyl (C=O) groups is 1. The molecule has 1 N–H and O–H groups in total. The van der Waals surface area contributed by atoms with Crippen LogP contribution in [-0.2, 0) is 17.4 Å². The second-order valence-electron chi connectivity index (χ2n) is 4.09. The van der Waals surface area contributed by atoms with Gasteiger partial charge in [-0.2, -0.15) is 13.2 Å². The van der Waals surface area contributed by atoms with Gasteiger partial charge in [-0.1, -0.05) is 6.92 Å². The zero-order valence-corrected chi connectivity index (χ0v) is 11.8. The van der Waals surface area contributed by atoms with Crippen molar-refractivity contribution in [3.63, 3.8) is 0 Å². The number of methoxy groups -OCH3 is 1. The Balaban J connectivity index is 3.27. The van der Waals surface area contributed by atoms with Gasteiger partial charge >= 0.3 is 12.1 Å². The molecule has 0 saturated carbocycles. The van der Waals surface area contributed by atoms with Gasteiger partial charge in [0.05, 0.1) is 23.1 Å². The lowest BCUT2D eigenvalue weighted by Crippen LogP contribution is -2.14. The molecule has 0 aliphatic rings. The molecule has 0 aliphatic heterocycles. The van der Waals surface area contributed by atoms with E-state index in [4.69, 9.17) is 9.84 Å². The van der Waals surface area contributed by atoms with Crippen LogP contribution in [0.25, 0.3) is 0 Å². The first-order chi connectivity index (χ1) is 8.66. The number of alkyl halides is 3. The van der Waals surface area contributed by atoms with E-state index in [0.29, 0.717) is 0 Å². The molecular formula is C12H12BrF3O3. The summed E-state index contributed by atoms with van der Waals surface area (Å²) in [6, 6.07) is 1.83. The van der Waals surface area contributed by atoms with Crippen molar-refractivity contribution in [1.29, 1.82) is 0 Å². The van der Waals surface area contributed by atoms with Crippen LogP contribution in [0.1, 0.15) is 18.1 Å². The molecule has 0 radical (unpaired) electrons. The lowest BCUT2D eigenvalue weighted by atomic mass is 9.98. The van der Waals surface area contributed by atoms with Crippen LogP contribution >= 0.6 is 15.9 Å². The van der Waals surface area contributed by atoms with Gasteiger partial charge in [-0.25, -0.2) is 0 Å². The van der Waals surface area contributed by atoms with Crippen molar-refractivity contribution < 1.29 is 27.8 Å². The maximum absolute atomic E-state index is 12.7. The van der Waals surface area contributed by atoms with Gasteiger partial charge in [0.15, 0.2) is 0 Å². The number of halogens is 4. The van der Waals surface area contributed by atoms with Crippen LogP contribution in [0.2, 0.25) is 0 Å². The Morgan fingerprint density at radius 3 is 2.47 bits per heavy atom. The highest BCUT2D eigenvalue weighted by atomic mass is 79.9. The Morgan fingerprint density at radius 2 is 2.05 bits per heavy atom. The third-order valence-corrected chi connectivity index (χ3v) is 3.19. The summed E-state index contributed by atoms with van der Waals surface area (Å²) >= 11 is 3.01.